The summed E-state index contributed by atoms with van der Waals surface area (Å²) in [6.45, 7) is 4.91. The highest BCUT2D eigenvalue weighted by atomic mass is 16.5. The van der Waals surface area contributed by atoms with Crippen molar-refractivity contribution in [3.63, 3.8) is 0 Å². The molecule has 1 aromatic carbocycles. The minimum atomic E-state index is -0.0303. The SMILES string of the molecule is COc1cc(C(=O)N2CCC(C(=O)N3CCCCCC3)CC2)cc(OC)c1C. The number of benzene rings is 1. The summed E-state index contributed by atoms with van der Waals surface area (Å²) in [7, 11) is 3.19. The van der Waals surface area contributed by atoms with Gasteiger partial charge < -0.3 is 19.3 Å². The van der Waals surface area contributed by atoms with Crippen molar-refractivity contribution in [1.29, 1.82) is 0 Å². The van der Waals surface area contributed by atoms with Crippen molar-refractivity contribution >= 4 is 11.8 Å². The van der Waals surface area contributed by atoms with Crippen LogP contribution in [0.15, 0.2) is 12.1 Å². The van der Waals surface area contributed by atoms with Gasteiger partial charge in [-0.3, -0.25) is 9.59 Å². The number of carbonyl (C=O) groups excluding carboxylic acids is 2. The molecular weight excluding hydrogens is 356 g/mol. The fraction of sp³-hybridized carbons (Fsp3) is 0.636. The van der Waals surface area contributed by atoms with Gasteiger partial charge in [0.05, 0.1) is 14.2 Å². The van der Waals surface area contributed by atoms with Gasteiger partial charge in [-0.25, -0.2) is 0 Å². The Balaban J connectivity index is 1.63. The molecule has 28 heavy (non-hydrogen) atoms. The number of rotatable bonds is 4. The van der Waals surface area contributed by atoms with Gasteiger partial charge in [0.2, 0.25) is 5.91 Å². The molecule has 0 spiro atoms. The Bertz CT molecular complexity index is 677. The van der Waals surface area contributed by atoms with E-state index in [4.69, 9.17) is 9.47 Å². The number of methoxy groups -OCH3 is 2. The third kappa shape index (κ3) is 4.42. The lowest BCUT2D eigenvalue weighted by atomic mass is 9.94. The highest BCUT2D eigenvalue weighted by Gasteiger charge is 2.31. The summed E-state index contributed by atoms with van der Waals surface area (Å²) in [6.07, 6.45) is 6.14. The van der Waals surface area contributed by atoms with Crippen molar-refractivity contribution in [2.45, 2.75) is 45.4 Å². The van der Waals surface area contributed by atoms with Crippen LogP contribution in [0.5, 0.6) is 11.5 Å². The standard InChI is InChI=1S/C22H32N2O4/c1-16-19(27-2)14-18(15-20(16)28-3)22(26)24-12-8-17(9-13-24)21(25)23-10-6-4-5-7-11-23/h14-15,17H,4-13H2,1-3H3. The van der Waals surface area contributed by atoms with E-state index >= 15 is 0 Å². The highest BCUT2D eigenvalue weighted by molar-refractivity contribution is 5.95. The largest absolute Gasteiger partial charge is 0.496 e. The Morgan fingerprint density at radius 1 is 0.857 bits per heavy atom. The number of amides is 2. The van der Waals surface area contributed by atoms with Gasteiger partial charge in [-0.2, -0.15) is 0 Å². The maximum Gasteiger partial charge on any atom is 0.254 e. The molecule has 0 bridgehead atoms. The molecule has 0 aliphatic carbocycles. The number of ether oxygens (including phenoxy) is 2. The van der Waals surface area contributed by atoms with Crippen LogP contribution in [-0.4, -0.2) is 62.0 Å². The van der Waals surface area contributed by atoms with Crippen LogP contribution in [0, 0.1) is 12.8 Å². The molecular formula is C22H32N2O4. The van der Waals surface area contributed by atoms with Crippen LogP contribution in [0.3, 0.4) is 0 Å². The van der Waals surface area contributed by atoms with Crippen LogP contribution in [0.25, 0.3) is 0 Å². The number of nitrogens with zero attached hydrogens (tertiary/aromatic N) is 2. The average molecular weight is 389 g/mol. The van der Waals surface area contributed by atoms with E-state index in [0.717, 1.165) is 44.3 Å². The topological polar surface area (TPSA) is 59.1 Å². The lowest BCUT2D eigenvalue weighted by Gasteiger charge is -2.34. The lowest BCUT2D eigenvalue weighted by molar-refractivity contribution is -0.136. The van der Waals surface area contributed by atoms with Gasteiger partial charge in [0.15, 0.2) is 0 Å². The van der Waals surface area contributed by atoms with Crippen molar-refractivity contribution in [2.24, 2.45) is 5.92 Å². The van der Waals surface area contributed by atoms with E-state index in [1.165, 1.54) is 12.8 Å². The molecule has 1 aromatic rings. The molecule has 2 aliphatic rings. The summed E-state index contributed by atoms with van der Waals surface area (Å²) >= 11 is 0. The molecule has 0 aromatic heterocycles. The number of likely N-dealkylation sites (tertiary alicyclic amines) is 2. The van der Waals surface area contributed by atoms with Crippen LogP contribution < -0.4 is 9.47 Å². The molecule has 2 fully saturated rings. The molecule has 2 heterocycles. The van der Waals surface area contributed by atoms with Crippen LogP contribution >= 0.6 is 0 Å². The van der Waals surface area contributed by atoms with Crippen molar-refractivity contribution in [2.75, 3.05) is 40.4 Å². The van der Waals surface area contributed by atoms with E-state index in [-0.39, 0.29) is 17.7 Å². The zero-order valence-corrected chi connectivity index (χ0v) is 17.3. The van der Waals surface area contributed by atoms with Crippen molar-refractivity contribution in [3.05, 3.63) is 23.3 Å². The Hall–Kier alpha value is -2.24. The van der Waals surface area contributed by atoms with E-state index in [0.29, 0.717) is 30.2 Å². The van der Waals surface area contributed by atoms with Gasteiger partial charge in [-0.1, -0.05) is 12.8 Å². The maximum absolute atomic E-state index is 13.0. The first-order chi connectivity index (χ1) is 13.5. The van der Waals surface area contributed by atoms with Crippen molar-refractivity contribution in [3.8, 4) is 11.5 Å². The molecule has 0 atom stereocenters. The summed E-state index contributed by atoms with van der Waals surface area (Å²) in [5.74, 6) is 1.59. The molecule has 154 valence electrons. The lowest BCUT2D eigenvalue weighted by Crippen LogP contribution is -2.44. The summed E-state index contributed by atoms with van der Waals surface area (Å²) in [6, 6.07) is 3.54. The van der Waals surface area contributed by atoms with E-state index in [1.807, 2.05) is 16.7 Å². The zero-order chi connectivity index (χ0) is 20.1. The Labute approximate surface area is 167 Å². The Morgan fingerprint density at radius 3 is 1.89 bits per heavy atom. The Morgan fingerprint density at radius 2 is 1.39 bits per heavy atom. The second-order valence-electron chi connectivity index (χ2n) is 7.81. The molecule has 0 saturated carbocycles. The molecule has 6 heteroatoms. The van der Waals surface area contributed by atoms with Crippen LogP contribution in [0.1, 0.15) is 54.4 Å². The van der Waals surface area contributed by atoms with Gasteiger partial charge in [-0.05, 0) is 44.7 Å². The van der Waals surface area contributed by atoms with Crippen LogP contribution in [-0.2, 0) is 4.79 Å². The average Bonchev–Trinajstić information content (AvgIpc) is 3.02. The van der Waals surface area contributed by atoms with Gasteiger partial charge >= 0.3 is 0 Å². The van der Waals surface area contributed by atoms with Crippen LogP contribution in [0.4, 0.5) is 0 Å². The van der Waals surface area contributed by atoms with Gasteiger partial charge in [-0.15, -0.1) is 0 Å². The monoisotopic (exact) mass is 388 g/mol. The second-order valence-corrected chi connectivity index (χ2v) is 7.81. The molecule has 2 aliphatic heterocycles. The quantitative estimate of drug-likeness (QED) is 0.794. The summed E-state index contributed by atoms with van der Waals surface area (Å²) in [5, 5.41) is 0. The number of hydrogen-bond acceptors (Lipinski definition) is 4. The van der Waals surface area contributed by atoms with E-state index < -0.39 is 0 Å². The minimum Gasteiger partial charge on any atom is -0.496 e. The number of piperidine rings is 1. The number of carbonyl (C=O) groups is 2. The van der Waals surface area contributed by atoms with E-state index in [9.17, 15) is 9.59 Å². The van der Waals surface area contributed by atoms with Crippen LogP contribution in [0.2, 0.25) is 0 Å². The smallest absolute Gasteiger partial charge is 0.254 e. The third-order valence-corrected chi connectivity index (χ3v) is 6.05. The first-order valence-corrected chi connectivity index (χ1v) is 10.4. The third-order valence-electron chi connectivity index (χ3n) is 6.05. The van der Waals surface area contributed by atoms with Crippen molar-refractivity contribution in [1.82, 2.24) is 9.80 Å². The molecule has 2 saturated heterocycles. The summed E-state index contributed by atoms with van der Waals surface area (Å²) in [5.41, 5.74) is 1.44. The molecule has 0 radical (unpaired) electrons. The zero-order valence-electron chi connectivity index (χ0n) is 17.3. The molecule has 0 N–H and O–H groups in total. The Kier molecular flexibility index (Phi) is 6.81. The normalized spacial score (nSPS) is 18.5. The first kappa shape index (κ1) is 20.5. The van der Waals surface area contributed by atoms with Gasteiger partial charge in [0, 0.05) is 43.2 Å². The fourth-order valence-electron chi connectivity index (χ4n) is 4.27. The highest BCUT2D eigenvalue weighted by Crippen LogP contribution is 2.31. The predicted molar refractivity (Wildman–Crippen MR) is 108 cm³/mol. The minimum absolute atomic E-state index is 0.0303. The van der Waals surface area contributed by atoms with Gasteiger partial charge in [0.25, 0.3) is 5.91 Å². The molecule has 2 amide bonds. The molecule has 3 rings (SSSR count). The van der Waals surface area contributed by atoms with Gasteiger partial charge in [0.1, 0.15) is 11.5 Å². The second kappa shape index (κ2) is 9.30. The molecule has 0 unspecified atom stereocenters. The number of hydrogen-bond donors (Lipinski definition) is 0. The first-order valence-electron chi connectivity index (χ1n) is 10.4. The fourth-order valence-corrected chi connectivity index (χ4v) is 4.27. The van der Waals surface area contributed by atoms with E-state index in [1.54, 1.807) is 26.4 Å². The van der Waals surface area contributed by atoms with Crippen molar-refractivity contribution < 1.29 is 19.1 Å². The maximum atomic E-state index is 13.0. The summed E-state index contributed by atoms with van der Waals surface area (Å²) in [4.78, 5) is 29.7. The summed E-state index contributed by atoms with van der Waals surface area (Å²) < 4.78 is 10.8. The van der Waals surface area contributed by atoms with E-state index in [2.05, 4.69) is 0 Å². The predicted octanol–water partition coefficient (Wildman–Crippen LogP) is 3.27. The molecule has 6 nitrogen and oxygen atoms in total.